The third kappa shape index (κ3) is 3.85. The van der Waals surface area contributed by atoms with Crippen LogP contribution in [0.4, 0.5) is 10.8 Å². The number of nitrogens with one attached hydrogen (secondary N) is 1. The Bertz CT molecular complexity index is 743. The number of rotatable bonds is 7. The fourth-order valence-corrected chi connectivity index (χ4v) is 3.24. The molecule has 0 saturated heterocycles. The minimum absolute atomic E-state index is 0.0846. The summed E-state index contributed by atoms with van der Waals surface area (Å²) in [5, 5.41) is 22.9. The van der Waals surface area contributed by atoms with Crippen LogP contribution in [-0.4, -0.2) is 28.1 Å². The van der Waals surface area contributed by atoms with Crippen molar-refractivity contribution in [1.29, 1.82) is 0 Å². The summed E-state index contributed by atoms with van der Waals surface area (Å²) in [7, 11) is 1.43. The number of amides is 1. The van der Waals surface area contributed by atoms with E-state index in [0.717, 1.165) is 17.8 Å². The van der Waals surface area contributed by atoms with Crippen molar-refractivity contribution in [3.63, 3.8) is 0 Å². The summed E-state index contributed by atoms with van der Waals surface area (Å²) in [5.74, 6) is 0.0351. The van der Waals surface area contributed by atoms with Crippen LogP contribution < -0.4 is 10.1 Å². The number of ether oxygens (including phenoxy) is 1. The maximum atomic E-state index is 12.4. The van der Waals surface area contributed by atoms with Gasteiger partial charge in [0.05, 0.1) is 12.0 Å². The van der Waals surface area contributed by atoms with E-state index in [1.807, 2.05) is 0 Å². The number of hydrogen-bond donors (Lipinski definition) is 1. The molecule has 0 spiro atoms. The smallest absolute Gasteiger partial charge is 0.282 e. The number of nitro groups is 1. The quantitative estimate of drug-likeness (QED) is 0.604. The zero-order valence-corrected chi connectivity index (χ0v) is 14.4. The molecule has 128 valence electrons. The van der Waals surface area contributed by atoms with Gasteiger partial charge in [-0.1, -0.05) is 25.2 Å². The second-order valence-electron chi connectivity index (χ2n) is 5.05. The second-order valence-corrected chi connectivity index (χ2v) is 6.06. The molecule has 1 N–H and O–H groups in total. The summed E-state index contributed by atoms with van der Waals surface area (Å²) in [6, 6.07) is 4.00. The summed E-state index contributed by atoms with van der Waals surface area (Å²) in [5.41, 5.74) is -0.378. The molecule has 0 aliphatic heterocycles. The van der Waals surface area contributed by atoms with Crippen molar-refractivity contribution in [3.05, 3.63) is 38.9 Å². The number of nitro benzene ring substituents is 1. The van der Waals surface area contributed by atoms with Crippen molar-refractivity contribution in [2.24, 2.45) is 0 Å². The van der Waals surface area contributed by atoms with Gasteiger partial charge in [0.25, 0.3) is 11.6 Å². The van der Waals surface area contributed by atoms with Gasteiger partial charge in [-0.25, -0.2) is 0 Å². The molecule has 0 aliphatic carbocycles. The molecule has 1 aromatic carbocycles. The van der Waals surface area contributed by atoms with E-state index in [4.69, 9.17) is 4.74 Å². The molecule has 1 heterocycles. The van der Waals surface area contributed by atoms with Crippen LogP contribution in [0.2, 0.25) is 0 Å². The van der Waals surface area contributed by atoms with Gasteiger partial charge in [0.1, 0.15) is 16.3 Å². The molecule has 0 atom stereocenters. The van der Waals surface area contributed by atoms with E-state index in [1.54, 1.807) is 0 Å². The molecule has 0 bridgehead atoms. The van der Waals surface area contributed by atoms with Crippen LogP contribution in [0, 0.1) is 10.1 Å². The first-order valence-corrected chi connectivity index (χ1v) is 8.28. The van der Waals surface area contributed by atoms with E-state index in [-0.39, 0.29) is 11.3 Å². The number of anilines is 1. The number of hydrogen-bond acceptors (Lipinski definition) is 7. The molecule has 0 aliphatic rings. The number of aromatic nitrogens is 2. The van der Waals surface area contributed by atoms with E-state index >= 15 is 0 Å². The highest BCUT2D eigenvalue weighted by Gasteiger charge is 2.22. The Balaban J connectivity index is 2.25. The Morgan fingerprint density at radius 1 is 1.38 bits per heavy atom. The molecule has 0 radical (unpaired) electrons. The Kier molecular flexibility index (Phi) is 5.80. The van der Waals surface area contributed by atoms with Crippen molar-refractivity contribution < 1.29 is 14.5 Å². The Morgan fingerprint density at radius 2 is 2.08 bits per heavy atom. The molecule has 0 saturated carbocycles. The van der Waals surface area contributed by atoms with Crippen molar-refractivity contribution in [2.75, 3.05) is 12.4 Å². The average Bonchev–Trinajstić information content (AvgIpc) is 3.03. The summed E-state index contributed by atoms with van der Waals surface area (Å²) < 4.78 is 5.03. The molecule has 8 nitrogen and oxygen atoms in total. The third-order valence-electron chi connectivity index (χ3n) is 3.64. The predicted octanol–water partition coefficient (Wildman–Crippen LogP) is 3.61. The largest absolute Gasteiger partial charge is 0.497 e. The molecule has 2 rings (SSSR count). The highest BCUT2D eigenvalue weighted by molar-refractivity contribution is 7.15. The highest BCUT2D eigenvalue weighted by atomic mass is 32.1. The Hall–Kier alpha value is -2.55. The lowest BCUT2D eigenvalue weighted by atomic mass is 10.1. The van der Waals surface area contributed by atoms with Crippen molar-refractivity contribution in [2.45, 2.75) is 32.6 Å². The van der Waals surface area contributed by atoms with Crippen LogP contribution in [0.5, 0.6) is 5.75 Å². The van der Waals surface area contributed by atoms with Gasteiger partial charge < -0.3 is 4.74 Å². The molecule has 1 aromatic heterocycles. The molecule has 1 amide bonds. The van der Waals surface area contributed by atoms with E-state index in [9.17, 15) is 14.9 Å². The molecule has 9 heteroatoms. The van der Waals surface area contributed by atoms with Crippen LogP contribution in [0.25, 0.3) is 0 Å². The Labute approximate surface area is 143 Å². The van der Waals surface area contributed by atoms with Crippen molar-refractivity contribution >= 4 is 28.1 Å². The third-order valence-corrected chi connectivity index (χ3v) is 4.64. The van der Waals surface area contributed by atoms with Crippen molar-refractivity contribution in [3.8, 4) is 5.75 Å². The molecule has 0 unspecified atom stereocenters. The average molecular weight is 350 g/mol. The van der Waals surface area contributed by atoms with Gasteiger partial charge in [0.2, 0.25) is 5.13 Å². The molecular formula is C15H18N4O4S. The van der Waals surface area contributed by atoms with Gasteiger partial charge in [0.15, 0.2) is 0 Å². The first-order valence-electron chi connectivity index (χ1n) is 7.47. The predicted molar refractivity (Wildman–Crippen MR) is 90.8 cm³/mol. The van der Waals surface area contributed by atoms with Crippen LogP contribution in [0.1, 0.15) is 48.0 Å². The zero-order chi connectivity index (χ0) is 17.7. The zero-order valence-electron chi connectivity index (χ0n) is 13.6. The minimum Gasteiger partial charge on any atom is -0.497 e. The topological polar surface area (TPSA) is 107 Å². The van der Waals surface area contributed by atoms with Crippen LogP contribution >= 0.6 is 11.3 Å². The minimum atomic E-state index is -0.618. The van der Waals surface area contributed by atoms with Crippen molar-refractivity contribution in [1.82, 2.24) is 10.2 Å². The first-order chi connectivity index (χ1) is 11.5. The lowest BCUT2D eigenvalue weighted by Crippen LogP contribution is -2.14. The van der Waals surface area contributed by atoms with Crippen LogP contribution in [0.3, 0.4) is 0 Å². The molecular weight excluding hydrogens is 332 g/mol. The fraction of sp³-hybridized carbons (Fsp3) is 0.400. The number of carbonyl (C=O) groups is 1. The van der Waals surface area contributed by atoms with E-state index in [1.165, 1.54) is 36.6 Å². The van der Waals surface area contributed by atoms with Gasteiger partial charge in [-0.15, -0.1) is 10.2 Å². The number of methoxy groups -OCH3 is 1. The number of benzene rings is 1. The molecule has 0 fully saturated rings. The highest BCUT2D eigenvalue weighted by Crippen LogP contribution is 2.29. The molecule has 24 heavy (non-hydrogen) atoms. The SMILES string of the molecule is CCC(CC)c1nnc(NC(=O)c2cc(OC)ccc2[N+](=O)[O-])s1. The normalized spacial score (nSPS) is 10.7. The lowest BCUT2D eigenvalue weighted by Gasteiger charge is -2.06. The number of carbonyl (C=O) groups excluding carboxylic acids is 1. The van der Waals surface area contributed by atoms with Crippen LogP contribution in [0.15, 0.2) is 18.2 Å². The maximum absolute atomic E-state index is 12.4. The molecule has 2 aromatic rings. The summed E-state index contributed by atoms with van der Waals surface area (Å²) in [4.78, 5) is 22.9. The monoisotopic (exact) mass is 350 g/mol. The first kappa shape index (κ1) is 17.8. The van der Waals surface area contributed by atoms with Gasteiger partial charge in [-0.3, -0.25) is 20.2 Å². The van der Waals surface area contributed by atoms with Gasteiger partial charge >= 0.3 is 0 Å². The van der Waals surface area contributed by atoms with E-state index < -0.39 is 10.8 Å². The van der Waals surface area contributed by atoms with Gasteiger partial charge in [-0.05, 0) is 25.0 Å². The standard InChI is InChI=1S/C15H18N4O4S/c1-4-9(5-2)14-17-18-15(24-14)16-13(20)11-8-10(23-3)6-7-12(11)19(21)22/h6-9H,4-5H2,1-3H3,(H,16,18,20). The van der Waals surface area contributed by atoms with E-state index in [2.05, 4.69) is 29.4 Å². The number of nitrogens with zero attached hydrogens (tertiary/aromatic N) is 3. The second kappa shape index (κ2) is 7.82. The fourth-order valence-electron chi connectivity index (χ4n) is 2.24. The summed E-state index contributed by atoms with van der Waals surface area (Å²) >= 11 is 1.28. The summed E-state index contributed by atoms with van der Waals surface area (Å²) in [6.07, 6.45) is 1.86. The lowest BCUT2D eigenvalue weighted by molar-refractivity contribution is -0.385. The van der Waals surface area contributed by atoms with Crippen LogP contribution in [-0.2, 0) is 0 Å². The van der Waals surface area contributed by atoms with Gasteiger partial charge in [0, 0.05) is 12.0 Å². The van der Waals surface area contributed by atoms with Gasteiger partial charge in [-0.2, -0.15) is 0 Å². The maximum Gasteiger partial charge on any atom is 0.282 e. The van der Waals surface area contributed by atoms with E-state index in [0.29, 0.717) is 16.8 Å². The Morgan fingerprint density at radius 3 is 2.67 bits per heavy atom. The summed E-state index contributed by atoms with van der Waals surface area (Å²) in [6.45, 7) is 4.13.